The molecule has 0 atom stereocenters. The van der Waals surface area contributed by atoms with Gasteiger partial charge in [-0.05, 0) is 37.5 Å². The zero-order chi connectivity index (χ0) is 25.4. The van der Waals surface area contributed by atoms with E-state index in [4.69, 9.17) is 5.73 Å². The number of nitrogens with zero attached hydrogens (tertiary/aromatic N) is 3. The summed E-state index contributed by atoms with van der Waals surface area (Å²) in [6.07, 6.45) is 2.19. The summed E-state index contributed by atoms with van der Waals surface area (Å²) in [7, 11) is 0. The molecule has 1 aromatic heterocycles. The summed E-state index contributed by atoms with van der Waals surface area (Å²) in [4.78, 5) is 44.7. The van der Waals surface area contributed by atoms with Crippen LogP contribution in [0.3, 0.4) is 0 Å². The van der Waals surface area contributed by atoms with Crippen molar-refractivity contribution in [3.05, 3.63) is 86.6 Å². The maximum absolute atomic E-state index is 13.7. The second-order valence-corrected chi connectivity index (χ2v) is 8.72. The van der Waals surface area contributed by atoms with E-state index in [1.165, 1.54) is 9.47 Å². The van der Waals surface area contributed by atoms with Crippen LogP contribution in [0.2, 0.25) is 0 Å². The number of hydrogen-bond acceptors (Lipinski definition) is 5. The van der Waals surface area contributed by atoms with E-state index < -0.39 is 11.2 Å². The number of hydrogen-bond donors (Lipinski definition) is 2. The molecule has 35 heavy (non-hydrogen) atoms. The Kier molecular flexibility index (Phi) is 8.89. The Morgan fingerprint density at radius 2 is 1.69 bits per heavy atom. The van der Waals surface area contributed by atoms with Gasteiger partial charge >= 0.3 is 5.69 Å². The molecule has 8 nitrogen and oxygen atoms in total. The fourth-order valence-electron chi connectivity index (χ4n) is 4.01. The van der Waals surface area contributed by atoms with Gasteiger partial charge in [0.2, 0.25) is 5.91 Å². The topological polar surface area (TPSA) is 104 Å². The molecule has 0 aliphatic carbocycles. The molecule has 186 valence electrons. The Balaban J connectivity index is 2.00. The van der Waals surface area contributed by atoms with E-state index in [1.807, 2.05) is 80.3 Å². The number of carbonyl (C=O) groups excluding carboxylic acids is 1. The zero-order valence-electron chi connectivity index (χ0n) is 20.8. The second kappa shape index (κ2) is 12.1. The molecule has 0 saturated heterocycles. The van der Waals surface area contributed by atoms with Crippen LogP contribution in [0.25, 0.3) is 0 Å². The quantitative estimate of drug-likeness (QED) is 0.438. The number of rotatable bonds is 11. The minimum atomic E-state index is -0.644. The average molecular weight is 478 g/mol. The Hall–Kier alpha value is -3.81. The first-order chi connectivity index (χ1) is 16.8. The molecule has 0 radical (unpaired) electrons. The van der Waals surface area contributed by atoms with Crippen molar-refractivity contribution >= 4 is 23.1 Å². The second-order valence-electron chi connectivity index (χ2n) is 8.72. The number of aromatic nitrogens is 2. The lowest BCUT2D eigenvalue weighted by atomic mass is 10.1. The van der Waals surface area contributed by atoms with Crippen LogP contribution < -0.4 is 26.8 Å². The Bertz CT molecular complexity index is 1230. The summed E-state index contributed by atoms with van der Waals surface area (Å²) >= 11 is 0. The molecule has 3 rings (SSSR count). The van der Waals surface area contributed by atoms with Crippen LogP contribution in [0.4, 0.5) is 17.2 Å². The molecule has 2 aromatic carbocycles. The monoisotopic (exact) mass is 477 g/mol. The summed E-state index contributed by atoms with van der Waals surface area (Å²) in [5.74, 6) is -0.233. The summed E-state index contributed by atoms with van der Waals surface area (Å²) < 4.78 is 1.32. The number of anilines is 3. The van der Waals surface area contributed by atoms with Gasteiger partial charge in [0.15, 0.2) is 5.69 Å². The maximum atomic E-state index is 13.7. The Morgan fingerprint density at radius 1 is 1.00 bits per heavy atom. The van der Waals surface area contributed by atoms with E-state index in [-0.39, 0.29) is 24.0 Å². The van der Waals surface area contributed by atoms with Crippen molar-refractivity contribution in [2.24, 2.45) is 0 Å². The molecule has 0 bridgehead atoms. The van der Waals surface area contributed by atoms with Gasteiger partial charge in [-0.3, -0.25) is 19.1 Å². The van der Waals surface area contributed by atoms with Gasteiger partial charge in [0.05, 0.1) is 6.54 Å². The van der Waals surface area contributed by atoms with Crippen LogP contribution in [0.15, 0.2) is 64.2 Å². The molecule has 0 spiro atoms. The molecule has 0 saturated carbocycles. The number of aromatic amines is 1. The van der Waals surface area contributed by atoms with Crippen molar-refractivity contribution in [1.29, 1.82) is 0 Å². The minimum absolute atomic E-state index is 0.0231. The van der Waals surface area contributed by atoms with E-state index in [9.17, 15) is 14.4 Å². The van der Waals surface area contributed by atoms with Gasteiger partial charge in [0.1, 0.15) is 5.82 Å². The summed E-state index contributed by atoms with van der Waals surface area (Å²) in [5.41, 5.74) is 8.23. The number of benzene rings is 2. The molecule has 8 heteroatoms. The zero-order valence-corrected chi connectivity index (χ0v) is 20.8. The van der Waals surface area contributed by atoms with Crippen molar-refractivity contribution in [1.82, 2.24) is 9.55 Å². The Labute approximate surface area is 206 Å². The highest BCUT2D eigenvalue weighted by Crippen LogP contribution is 2.22. The third-order valence-corrected chi connectivity index (χ3v) is 5.91. The van der Waals surface area contributed by atoms with Crippen LogP contribution >= 0.6 is 0 Å². The highest BCUT2D eigenvalue weighted by Gasteiger charge is 2.25. The van der Waals surface area contributed by atoms with Gasteiger partial charge in [-0.25, -0.2) is 4.79 Å². The molecule has 1 heterocycles. The number of aryl methyl sites for hydroxylation is 1. The summed E-state index contributed by atoms with van der Waals surface area (Å²) in [6, 6.07) is 17.9. The van der Waals surface area contributed by atoms with Crippen LogP contribution in [-0.4, -0.2) is 28.5 Å². The molecule has 0 unspecified atom stereocenters. The van der Waals surface area contributed by atoms with Gasteiger partial charge in [-0.1, -0.05) is 68.3 Å². The molecule has 0 aliphatic rings. The third kappa shape index (κ3) is 6.41. The van der Waals surface area contributed by atoms with Crippen LogP contribution in [-0.2, 0) is 17.9 Å². The number of carbonyl (C=O) groups is 1. The van der Waals surface area contributed by atoms with Gasteiger partial charge in [-0.2, -0.15) is 0 Å². The first kappa shape index (κ1) is 25.8. The van der Waals surface area contributed by atoms with Crippen LogP contribution in [0, 0.1) is 6.92 Å². The summed E-state index contributed by atoms with van der Waals surface area (Å²) in [6.45, 7) is 7.21. The number of nitrogens with two attached hydrogens (primary N) is 1. The third-order valence-electron chi connectivity index (χ3n) is 5.91. The van der Waals surface area contributed by atoms with Crippen molar-refractivity contribution in [2.45, 2.75) is 53.1 Å². The maximum Gasteiger partial charge on any atom is 0.330 e. The molecule has 1 amide bonds. The predicted octanol–water partition coefficient (Wildman–Crippen LogP) is 3.68. The standard InChI is InChI=1S/C27H35N5O3/c1-4-6-17-31(24-25(28)32(16-5-2)27(35)29-26(24)34)23(33)19-30(18-21-10-8-7-9-11-21)22-14-12-20(3)13-15-22/h7-15H,4-6,16-19,28H2,1-3H3,(H,29,34,35). The average Bonchev–Trinajstić information content (AvgIpc) is 2.84. The van der Waals surface area contributed by atoms with Crippen molar-refractivity contribution in [3.8, 4) is 0 Å². The first-order valence-corrected chi connectivity index (χ1v) is 12.1. The fraction of sp³-hybridized carbons (Fsp3) is 0.370. The predicted molar refractivity (Wildman–Crippen MR) is 142 cm³/mol. The van der Waals surface area contributed by atoms with E-state index in [0.717, 1.165) is 23.2 Å². The molecular weight excluding hydrogens is 442 g/mol. The fourth-order valence-corrected chi connectivity index (χ4v) is 4.01. The van der Waals surface area contributed by atoms with Gasteiger partial charge in [0, 0.05) is 25.3 Å². The lowest BCUT2D eigenvalue weighted by molar-refractivity contribution is -0.117. The van der Waals surface area contributed by atoms with Crippen LogP contribution in [0.1, 0.15) is 44.2 Å². The number of nitrogen functional groups attached to an aromatic ring is 1. The SMILES string of the molecule is CCCCN(C(=O)CN(Cc1ccccc1)c1ccc(C)cc1)c1c(N)n(CCC)c(=O)[nH]c1=O. The van der Waals surface area contributed by atoms with E-state index in [2.05, 4.69) is 4.98 Å². The van der Waals surface area contributed by atoms with Crippen LogP contribution in [0.5, 0.6) is 0 Å². The Morgan fingerprint density at radius 3 is 2.31 bits per heavy atom. The molecule has 0 aliphatic heterocycles. The lowest BCUT2D eigenvalue weighted by Gasteiger charge is -2.29. The van der Waals surface area contributed by atoms with E-state index in [0.29, 0.717) is 32.5 Å². The molecular formula is C27H35N5O3. The molecule has 0 fully saturated rings. The normalized spacial score (nSPS) is 10.8. The lowest BCUT2D eigenvalue weighted by Crippen LogP contribution is -2.45. The molecule has 3 N–H and O–H groups in total. The smallest absolute Gasteiger partial charge is 0.330 e. The van der Waals surface area contributed by atoms with Crippen molar-refractivity contribution in [2.75, 3.05) is 28.6 Å². The van der Waals surface area contributed by atoms with E-state index >= 15 is 0 Å². The highest BCUT2D eigenvalue weighted by atomic mass is 16.2. The largest absolute Gasteiger partial charge is 0.383 e. The number of nitrogens with one attached hydrogen (secondary N) is 1. The van der Waals surface area contributed by atoms with Crippen molar-refractivity contribution < 1.29 is 4.79 Å². The highest BCUT2D eigenvalue weighted by molar-refractivity contribution is 5.98. The first-order valence-electron chi connectivity index (χ1n) is 12.1. The molecule has 3 aromatic rings. The van der Waals surface area contributed by atoms with Gasteiger partial charge < -0.3 is 15.5 Å². The van der Waals surface area contributed by atoms with Gasteiger partial charge in [0.25, 0.3) is 5.56 Å². The summed E-state index contributed by atoms with van der Waals surface area (Å²) in [5, 5.41) is 0. The van der Waals surface area contributed by atoms with Crippen molar-refractivity contribution in [3.63, 3.8) is 0 Å². The van der Waals surface area contributed by atoms with E-state index in [1.54, 1.807) is 0 Å². The minimum Gasteiger partial charge on any atom is -0.383 e. The number of amides is 1. The number of H-pyrrole nitrogens is 1. The van der Waals surface area contributed by atoms with Gasteiger partial charge in [-0.15, -0.1) is 0 Å². The number of unbranched alkanes of at least 4 members (excludes halogenated alkanes) is 1.